The number of hydrogen-bond acceptors (Lipinski definition) is 3. The first-order valence-electron chi connectivity index (χ1n) is 7.19. The van der Waals surface area contributed by atoms with E-state index in [9.17, 15) is 10.0 Å². The third-order valence-electron chi connectivity index (χ3n) is 3.33. The van der Waals surface area contributed by atoms with Crippen LogP contribution in [0, 0.1) is 12.1 Å². The molecule has 0 aliphatic rings. The van der Waals surface area contributed by atoms with Gasteiger partial charge in [0.2, 0.25) is 0 Å². The molecule has 5 nitrogen and oxygen atoms in total. The van der Waals surface area contributed by atoms with Gasteiger partial charge in [0.1, 0.15) is 0 Å². The van der Waals surface area contributed by atoms with Crippen LogP contribution in [0.25, 0.3) is 0 Å². The highest BCUT2D eigenvalue weighted by molar-refractivity contribution is 5.93. The maximum Gasteiger partial charge on any atom is 0.379 e. The molecule has 2 rings (SSSR count). The predicted molar refractivity (Wildman–Crippen MR) is 84.8 cm³/mol. The van der Waals surface area contributed by atoms with E-state index in [0.717, 1.165) is 16.8 Å². The van der Waals surface area contributed by atoms with Crippen molar-refractivity contribution in [3.8, 4) is 5.88 Å². The molecule has 1 aromatic carbocycles. The third kappa shape index (κ3) is 3.75. The number of carbonyl (C=O) groups excluding carboxylic acids is 1. The largest absolute Gasteiger partial charge is 0.616 e. The first kappa shape index (κ1) is 15.8. The number of ether oxygens (including phenoxy) is 1. The van der Waals surface area contributed by atoms with Crippen LogP contribution in [0.5, 0.6) is 5.88 Å². The van der Waals surface area contributed by atoms with E-state index in [1.165, 1.54) is 12.3 Å². The second-order valence-corrected chi connectivity index (χ2v) is 5.40. The average molecular weight is 300 g/mol. The fourth-order valence-electron chi connectivity index (χ4n) is 2.18. The summed E-state index contributed by atoms with van der Waals surface area (Å²) >= 11 is 0. The van der Waals surface area contributed by atoms with E-state index in [4.69, 9.17) is 4.74 Å². The lowest BCUT2D eigenvalue weighted by molar-refractivity contribution is -0.612. The lowest BCUT2D eigenvalue weighted by Gasteiger charge is -2.16. The van der Waals surface area contributed by atoms with Crippen LogP contribution in [-0.4, -0.2) is 12.5 Å². The Balaban J connectivity index is 2.05. The molecule has 0 aliphatic carbocycles. The van der Waals surface area contributed by atoms with Crippen LogP contribution in [0.15, 0.2) is 42.6 Å². The van der Waals surface area contributed by atoms with Crippen LogP contribution in [-0.2, 0) is 4.79 Å². The van der Waals surface area contributed by atoms with Crippen molar-refractivity contribution >= 4 is 11.6 Å². The van der Waals surface area contributed by atoms with E-state index in [-0.39, 0.29) is 18.4 Å². The quantitative estimate of drug-likeness (QED) is 0.682. The molecule has 22 heavy (non-hydrogen) atoms. The molecule has 2 aromatic rings. The summed E-state index contributed by atoms with van der Waals surface area (Å²) in [4.78, 5) is 12.1. The average Bonchev–Trinajstić information content (AvgIpc) is 2.48. The molecule has 0 saturated carbocycles. The Labute approximate surface area is 130 Å². The Bertz CT molecular complexity index is 669. The van der Waals surface area contributed by atoms with E-state index >= 15 is 0 Å². The number of hydrogen-bond donors (Lipinski definition) is 1. The zero-order valence-electron chi connectivity index (χ0n) is 13.0. The highest BCUT2D eigenvalue weighted by Gasteiger charge is 2.13. The molecule has 5 heteroatoms. The van der Waals surface area contributed by atoms with Crippen LogP contribution in [0.1, 0.15) is 30.9 Å². The first-order valence-corrected chi connectivity index (χ1v) is 7.19. The Morgan fingerprint density at radius 1 is 1.27 bits per heavy atom. The van der Waals surface area contributed by atoms with Crippen LogP contribution in [0.4, 0.5) is 5.69 Å². The van der Waals surface area contributed by atoms with Gasteiger partial charge in [0.25, 0.3) is 5.91 Å². The molecule has 0 atom stereocenters. The number of carbonyl (C=O) groups is 1. The number of pyridine rings is 1. The molecule has 0 aliphatic heterocycles. The number of para-hydroxylation sites is 1. The lowest BCUT2D eigenvalue weighted by atomic mass is 9.98. The van der Waals surface area contributed by atoms with Gasteiger partial charge in [-0.3, -0.25) is 4.79 Å². The van der Waals surface area contributed by atoms with Gasteiger partial charge in [-0.15, -0.1) is 4.73 Å². The maximum atomic E-state index is 12.1. The zero-order chi connectivity index (χ0) is 16.1. The van der Waals surface area contributed by atoms with E-state index in [2.05, 4.69) is 19.2 Å². The van der Waals surface area contributed by atoms with Crippen molar-refractivity contribution in [2.45, 2.75) is 26.7 Å². The fourth-order valence-corrected chi connectivity index (χ4v) is 2.18. The summed E-state index contributed by atoms with van der Waals surface area (Å²) in [7, 11) is 0. The Kier molecular flexibility index (Phi) is 4.99. The highest BCUT2D eigenvalue weighted by Crippen LogP contribution is 2.27. The summed E-state index contributed by atoms with van der Waals surface area (Å²) in [5, 5.41) is 14.3. The van der Waals surface area contributed by atoms with Crippen molar-refractivity contribution in [1.29, 1.82) is 0 Å². The second-order valence-electron chi connectivity index (χ2n) is 5.40. The van der Waals surface area contributed by atoms with Crippen molar-refractivity contribution in [3.63, 3.8) is 0 Å². The number of amides is 1. The molecule has 1 N–H and O–H groups in total. The number of nitrogens with zero attached hydrogens (tertiary/aromatic N) is 1. The molecule has 0 fully saturated rings. The van der Waals surface area contributed by atoms with E-state index < -0.39 is 0 Å². The molecule has 1 aromatic heterocycles. The minimum atomic E-state index is -0.292. The predicted octanol–water partition coefficient (Wildman–Crippen LogP) is 2.77. The molecule has 1 amide bonds. The summed E-state index contributed by atoms with van der Waals surface area (Å²) < 4.78 is 5.83. The van der Waals surface area contributed by atoms with Crippen molar-refractivity contribution in [2.75, 3.05) is 11.9 Å². The summed E-state index contributed by atoms with van der Waals surface area (Å²) in [6.45, 7) is 5.89. The van der Waals surface area contributed by atoms with Gasteiger partial charge in [-0.1, -0.05) is 32.0 Å². The molecule has 116 valence electrons. The smallest absolute Gasteiger partial charge is 0.379 e. The minimum Gasteiger partial charge on any atom is -0.616 e. The van der Waals surface area contributed by atoms with Gasteiger partial charge in [-0.05, 0) is 30.0 Å². The third-order valence-corrected chi connectivity index (χ3v) is 3.33. The summed E-state index contributed by atoms with van der Waals surface area (Å²) in [6.07, 6.45) is 1.32. The highest BCUT2D eigenvalue weighted by atomic mass is 16.6. The molecular formula is C17H20N2O3. The molecule has 0 spiro atoms. The Morgan fingerprint density at radius 2 is 2.05 bits per heavy atom. The Morgan fingerprint density at radius 3 is 2.73 bits per heavy atom. The molecule has 0 radical (unpaired) electrons. The van der Waals surface area contributed by atoms with E-state index in [0.29, 0.717) is 10.6 Å². The van der Waals surface area contributed by atoms with Gasteiger partial charge in [0.15, 0.2) is 12.8 Å². The van der Waals surface area contributed by atoms with Crippen molar-refractivity contribution in [3.05, 3.63) is 58.9 Å². The number of rotatable bonds is 5. The number of aromatic nitrogens is 1. The van der Waals surface area contributed by atoms with Gasteiger partial charge in [0.05, 0.1) is 6.07 Å². The van der Waals surface area contributed by atoms with Crippen molar-refractivity contribution in [1.82, 2.24) is 0 Å². The van der Waals surface area contributed by atoms with E-state index in [1.54, 1.807) is 12.1 Å². The maximum absolute atomic E-state index is 12.1. The SMILES string of the molecule is Cc1cccc(C(C)C)c1NC(=O)COc1cccc[n+]1[O-]. The van der Waals surface area contributed by atoms with Gasteiger partial charge in [0, 0.05) is 11.8 Å². The van der Waals surface area contributed by atoms with Crippen LogP contribution in [0.3, 0.4) is 0 Å². The van der Waals surface area contributed by atoms with E-state index in [1.807, 2.05) is 25.1 Å². The van der Waals surface area contributed by atoms with Crippen LogP contribution < -0.4 is 14.8 Å². The minimum absolute atomic E-state index is 0.103. The van der Waals surface area contributed by atoms with Crippen molar-refractivity contribution < 1.29 is 14.3 Å². The van der Waals surface area contributed by atoms with Crippen molar-refractivity contribution in [2.24, 2.45) is 0 Å². The molecule has 0 unspecified atom stereocenters. The van der Waals surface area contributed by atoms with Gasteiger partial charge >= 0.3 is 5.88 Å². The number of nitrogens with one attached hydrogen (secondary N) is 1. The topological polar surface area (TPSA) is 65.3 Å². The fraction of sp³-hybridized carbons (Fsp3) is 0.294. The molecular weight excluding hydrogens is 280 g/mol. The summed E-state index contributed by atoms with van der Waals surface area (Å²) in [5.41, 5.74) is 2.89. The van der Waals surface area contributed by atoms with Gasteiger partial charge < -0.3 is 15.3 Å². The molecule has 1 heterocycles. The number of anilines is 1. The first-order chi connectivity index (χ1) is 10.5. The van der Waals surface area contributed by atoms with Gasteiger partial charge in [-0.2, -0.15) is 0 Å². The number of aryl methyl sites for hydroxylation is 1. The van der Waals surface area contributed by atoms with Crippen LogP contribution >= 0.6 is 0 Å². The van der Waals surface area contributed by atoms with Gasteiger partial charge in [-0.25, -0.2) is 0 Å². The summed E-state index contributed by atoms with van der Waals surface area (Å²) in [5.74, 6) is 0.112. The van der Waals surface area contributed by atoms with Crippen LogP contribution in [0.2, 0.25) is 0 Å². The zero-order valence-corrected chi connectivity index (χ0v) is 13.0. The molecule has 0 saturated heterocycles. The Hall–Kier alpha value is -2.56. The standard InChI is InChI=1S/C17H20N2O3/c1-12(2)14-8-6-7-13(3)17(14)18-15(20)11-22-16-9-4-5-10-19(16)21/h4-10,12H,11H2,1-3H3,(H,18,20). The second kappa shape index (κ2) is 6.93. The monoisotopic (exact) mass is 300 g/mol. The lowest BCUT2D eigenvalue weighted by Crippen LogP contribution is -2.31. The summed E-state index contributed by atoms with van der Waals surface area (Å²) in [6, 6.07) is 10.7. The molecule has 0 bridgehead atoms. The number of benzene rings is 1. The normalized spacial score (nSPS) is 10.5.